The number of amides is 1. The smallest absolute Gasteiger partial charge is 0.341 e. The van der Waals surface area contributed by atoms with E-state index in [-0.39, 0.29) is 28.4 Å². The van der Waals surface area contributed by atoms with Crippen LogP contribution in [0.2, 0.25) is 0 Å². The van der Waals surface area contributed by atoms with Crippen molar-refractivity contribution in [3.63, 3.8) is 0 Å². The summed E-state index contributed by atoms with van der Waals surface area (Å²) in [5.74, 6) is -1.24. The molecule has 0 saturated heterocycles. The normalized spacial score (nSPS) is 10.3. The van der Waals surface area contributed by atoms with Crippen LogP contribution >= 0.6 is 11.3 Å². The number of carbonyl (C=O) groups is 2. The van der Waals surface area contributed by atoms with E-state index in [1.807, 2.05) is 30.3 Å². The van der Waals surface area contributed by atoms with E-state index in [2.05, 4.69) is 5.32 Å². The highest BCUT2D eigenvalue weighted by atomic mass is 32.1. The maximum Gasteiger partial charge on any atom is 0.341 e. The minimum Gasteiger partial charge on any atom is -0.462 e. The number of thiophene rings is 1. The lowest BCUT2D eigenvalue weighted by atomic mass is 10.1. The molecule has 2 aromatic carbocycles. The van der Waals surface area contributed by atoms with E-state index in [1.165, 1.54) is 35.6 Å². The highest BCUT2D eigenvalue weighted by Crippen LogP contribution is 2.36. The predicted octanol–water partition coefficient (Wildman–Crippen LogP) is 4.75. The number of nitro groups is 1. The predicted molar refractivity (Wildman–Crippen MR) is 107 cm³/mol. The fraction of sp³-hybridized carbons (Fsp3) is 0.100. The first-order chi connectivity index (χ1) is 13.5. The molecular weight excluding hydrogens is 380 g/mol. The fourth-order valence-corrected chi connectivity index (χ4v) is 3.63. The molecule has 3 rings (SSSR count). The molecule has 0 aliphatic carbocycles. The Labute approximate surface area is 164 Å². The summed E-state index contributed by atoms with van der Waals surface area (Å²) in [6.07, 6.45) is 0. The van der Waals surface area contributed by atoms with Crippen LogP contribution in [-0.4, -0.2) is 23.4 Å². The van der Waals surface area contributed by atoms with Gasteiger partial charge < -0.3 is 10.1 Å². The first-order valence-electron chi connectivity index (χ1n) is 8.42. The van der Waals surface area contributed by atoms with Crippen LogP contribution in [0.3, 0.4) is 0 Å². The highest BCUT2D eigenvalue weighted by Gasteiger charge is 2.24. The Morgan fingerprint density at radius 3 is 2.43 bits per heavy atom. The molecule has 28 heavy (non-hydrogen) atoms. The van der Waals surface area contributed by atoms with E-state index in [4.69, 9.17) is 4.74 Å². The van der Waals surface area contributed by atoms with Gasteiger partial charge in [0.05, 0.1) is 17.1 Å². The van der Waals surface area contributed by atoms with Gasteiger partial charge in [-0.15, -0.1) is 11.3 Å². The average molecular weight is 396 g/mol. The molecule has 0 saturated carbocycles. The van der Waals surface area contributed by atoms with E-state index in [0.717, 1.165) is 10.4 Å². The lowest BCUT2D eigenvalue weighted by Gasteiger charge is -2.06. The lowest BCUT2D eigenvalue weighted by molar-refractivity contribution is -0.385. The van der Waals surface area contributed by atoms with Gasteiger partial charge in [0.2, 0.25) is 0 Å². The van der Waals surface area contributed by atoms with Gasteiger partial charge in [-0.1, -0.05) is 42.5 Å². The Morgan fingerprint density at radius 2 is 1.75 bits per heavy atom. The second kappa shape index (κ2) is 8.45. The van der Waals surface area contributed by atoms with Crippen LogP contribution in [0.1, 0.15) is 27.6 Å². The number of nitro benzene ring substituents is 1. The van der Waals surface area contributed by atoms with E-state index < -0.39 is 16.8 Å². The zero-order valence-corrected chi connectivity index (χ0v) is 15.7. The van der Waals surface area contributed by atoms with Crippen molar-refractivity contribution in [2.45, 2.75) is 6.92 Å². The maximum atomic E-state index is 12.7. The summed E-state index contributed by atoms with van der Waals surface area (Å²) in [5, 5.41) is 14.1. The minimum absolute atomic E-state index is 0.0861. The number of ether oxygens (including phenoxy) is 1. The number of hydrogen-bond acceptors (Lipinski definition) is 6. The number of carbonyl (C=O) groups excluding carboxylic acids is 2. The van der Waals surface area contributed by atoms with E-state index in [0.29, 0.717) is 0 Å². The molecule has 1 amide bonds. The van der Waals surface area contributed by atoms with E-state index in [1.54, 1.807) is 13.0 Å². The number of nitrogens with one attached hydrogen (secondary N) is 1. The van der Waals surface area contributed by atoms with Crippen LogP contribution < -0.4 is 5.32 Å². The standard InChI is InChI=1S/C20H16N2O5S/c1-2-27-20(24)15-12-17(13-8-4-3-5-9-13)28-19(15)21-18(23)14-10-6-7-11-16(14)22(25)26/h3-12H,2H2,1H3,(H,21,23). The fourth-order valence-electron chi connectivity index (χ4n) is 2.58. The Balaban J connectivity index is 1.99. The number of anilines is 1. The largest absolute Gasteiger partial charge is 0.462 e. The van der Waals surface area contributed by atoms with Crippen LogP contribution in [0.25, 0.3) is 10.4 Å². The number of nitrogens with zero attached hydrogens (tertiary/aromatic N) is 1. The summed E-state index contributed by atoms with van der Waals surface area (Å²) in [7, 11) is 0. The van der Waals surface area contributed by atoms with Crippen LogP contribution in [0.4, 0.5) is 10.7 Å². The van der Waals surface area contributed by atoms with Crippen molar-refractivity contribution in [3.05, 3.63) is 81.9 Å². The molecule has 0 fully saturated rings. The summed E-state index contributed by atoms with van der Waals surface area (Å²) >= 11 is 1.20. The van der Waals surface area contributed by atoms with Crippen LogP contribution in [0, 0.1) is 10.1 Å². The Morgan fingerprint density at radius 1 is 1.07 bits per heavy atom. The van der Waals surface area contributed by atoms with Crippen molar-refractivity contribution in [2.24, 2.45) is 0 Å². The van der Waals surface area contributed by atoms with Gasteiger partial charge in [0, 0.05) is 10.9 Å². The van der Waals surface area contributed by atoms with Crippen molar-refractivity contribution in [1.82, 2.24) is 0 Å². The van der Waals surface area contributed by atoms with Gasteiger partial charge in [-0.25, -0.2) is 4.79 Å². The molecular formula is C20H16N2O5S. The number of para-hydroxylation sites is 1. The Bertz CT molecular complexity index is 1030. The first kappa shape index (κ1) is 19.2. The topological polar surface area (TPSA) is 98.5 Å². The van der Waals surface area contributed by atoms with Gasteiger partial charge in [0.25, 0.3) is 11.6 Å². The average Bonchev–Trinajstić information content (AvgIpc) is 3.12. The molecule has 1 heterocycles. The molecule has 3 aromatic rings. The molecule has 0 aliphatic heterocycles. The zero-order chi connectivity index (χ0) is 20.1. The third kappa shape index (κ3) is 4.07. The van der Waals surface area contributed by atoms with Crippen LogP contribution in [0.15, 0.2) is 60.7 Å². The molecule has 0 atom stereocenters. The Hall–Kier alpha value is -3.52. The second-order valence-electron chi connectivity index (χ2n) is 5.67. The molecule has 0 bridgehead atoms. The molecule has 0 spiro atoms. The van der Waals surface area contributed by atoms with Gasteiger partial charge >= 0.3 is 5.97 Å². The van der Waals surface area contributed by atoms with Gasteiger partial charge in [0.1, 0.15) is 10.6 Å². The van der Waals surface area contributed by atoms with Crippen LogP contribution in [0.5, 0.6) is 0 Å². The van der Waals surface area contributed by atoms with Crippen molar-refractivity contribution in [1.29, 1.82) is 0 Å². The number of benzene rings is 2. The number of hydrogen-bond donors (Lipinski definition) is 1. The van der Waals surface area contributed by atoms with Gasteiger partial charge in [0.15, 0.2) is 0 Å². The Kier molecular flexibility index (Phi) is 5.81. The lowest BCUT2D eigenvalue weighted by Crippen LogP contribution is -2.15. The van der Waals surface area contributed by atoms with Gasteiger partial charge in [-0.05, 0) is 24.6 Å². The van der Waals surface area contributed by atoms with Crippen LogP contribution in [-0.2, 0) is 4.74 Å². The van der Waals surface area contributed by atoms with E-state index in [9.17, 15) is 19.7 Å². The zero-order valence-electron chi connectivity index (χ0n) is 14.9. The monoisotopic (exact) mass is 396 g/mol. The summed E-state index contributed by atoms with van der Waals surface area (Å²) < 4.78 is 5.08. The molecule has 8 heteroatoms. The quantitative estimate of drug-likeness (QED) is 0.368. The second-order valence-corrected chi connectivity index (χ2v) is 6.72. The minimum atomic E-state index is -0.667. The van der Waals surface area contributed by atoms with Gasteiger partial charge in [-0.3, -0.25) is 14.9 Å². The third-order valence-electron chi connectivity index (χ3n) is 3.86. The molecule has 0 radical (unpaired) electrons. The maximum absolute atomic E-state index is 12.7. The highest BCUT2D eigenvalue weighted by molar-refractivity contribution is 7.20. The molecule has 1 N–H and O–H groups in total. The molecule has 142 valence electrons. The number of rotatable bonds is 6. The SMILES string of the molecule is CCOC(=O)c1cc(-c2ccccc2)sc1NC(=O)c1ccccc1[N+](=O)[O-]. The third-order valence-corrected chi connectivity index (χ3v) is 4.96. The number of esters is 1. The van der Waals surface area contributed by atoms with Crippen molar-refractivity contribution < 1.29 is 19.2 Å². The molecule has 0 unspecified atom stereocenters. The molecule has 0 aliphatic rings. The van der Waals surface area contributed by atoms with Crippen molar-refractivity contribution in [3.8, 4) is 10.4 Å². The molecule has 7 nitrogen and oxygen atoms in total. The van der Waals surface area contributed by atoms with Crippen molar-refractivity contribution in [2.75, 3.05) is 11.9 Å². The summed E-state index contributed by atoms with van der Waals surface area (Å²) in [4.78, 5) is 36.3. The summed E-state index contributed by atoms with van der Waals surface area (Å²) in [5.41, 5.74) is 0.691. The summed E-state index contributed by atoms with van der Waals surface area (Å²) in [6.45, 7) is 1.88. The first-order valence-corrected chi connectivity index (χ1v) is 9.24. The molecule has 1 aromatic heterocycles. The summed E-state index contributed by atoms with van der Waals surface area (Å²) in [6, 6.07) is 16.7. The van der Waals surface area contributed by atoms with Crippen molar-refractivity contribution >= 4 is 33.9 Å². The van der Waals surface area contributed by atoms with E-state index >= 15 is 0 Å². The van der Waals surface area contributed by atoms with Gasteiger partial charge in [-0.2, -0.15) is 0 Å².